The monoisotopic (exact) mass is 280 g/mol. The first-order chi connectivity index (χ1) is 7.63. The highest BCUT2D eigenvalue weighted by Gasteiger charge is 2.20. The van der Waals surface area contributed by atoms with Gasteiger partial charge in [0.15, 0.2) is 0 Å². The molecule has 0 heterocycles. The second-order valence-electron chi connectivity index (χ2n) is 3.42. The van der Waals surface area contributed by atoms with Crippen molar-refractivity contribution >= 4 is 39.3 Å². The van der Waals surface area contributed by atoms with Crippen molar-refractivity contribution < 1.29 is 14.8 Å². The fraction of sp³-hybridized carbons (Fsp3) is 0.0909. The summed E-state index contributed by atoms with van der Waals surface area (Å²) in [6.45, 7) is 0. The fourth-order valence-corrected chi connectivity index (χ4v) is 2.10. The zero-order valence-electron chi connectivity index (χ0n) is 8.64. The van der Waals surface area contributed by atoms with Crippen LogP contribution in [-0.2, 0) is 0 Å². The highest BCUT2D eigenvalue weighted by atomic mass is 79.9. The molecule has 0 spiro atoms. The average molecular weight is 281 g/mol. The Morgan fingerprint density at radius 3 is 2.50 bits per heavy atom. The second kappa shape index (κ2) is 4.45. The van der Waals surface area contributed by atoms with Gasteiger partial charge in [0.05, 0.1) is 7.11 Å². The lowest BCUT2D eigenvalue weighted by molar-refractivity contribution is 0.404. The summed E-state index contributed by atoms with van der Waals surface area (Å²) in [7, 11) is -0.0432. The van der Waals surface area contributed by atoms with Gasteiger partial charge in [-0.1, -0.05) is 28.1 Å². The molecule has 2 rings (SSSR count). The van der Waals surface area contributed by atoms with Crippen LogP contribution in [0.25, 0.3) is 10.8 Å². The molecule has 2 N–H and O–H groups in total. The maximum atomic E-state index is 9.38. The molecule has 5 heteroatoms. The van der Waals surface area contributed by atoms with Gasteiger partial charge in [0.1, 0.15) is 5.75 Å². The number of rotatable bonds is 2. The summed E-state index contributed by atoms with van der Waals surface area (Å²) in [5.41, 5.74) is 0.390. The SMILES string of the molecule is COc1ccc2ccc(Br)cc2c1B(O)O. The molecule has 16 heavy (non-hydrogen) atoms. The molecule has 0 aliphatic rings. The molecular weight excluding hydrogens is 271 g/mol. The number of hydrogen-bond acceptors (Lipinski definition) is 3. The van der Waals surface area contributed by atoms with E-state index in [4.69, 9.17) is 4.74 Å². The molecule has 3 nitrogen and oxygen atoms in total. The van der Waals surface area contributed by atoms with Gasteiger partial charge in [-0.3, -0.25) is 0 Å². The van der Waals surface area contributed by atoms with Crippen molar-refractivity contribution in [3.8, 4) is 5.75 Å². The molecule has 0 saturated carbocycles. The number of hydrogen-bond donors (Lipinski definition) is 2. The Hall–Kier alpha value is -1.04. The molecule has 0 radical (unpaired) electrons. The third-order valence-electron chi connectivity index (χ3n) is 2.46. The standard InChI is InChI=1S/C11H10BBrO3/c1-16-10-5-3-7-2-4-8(13)6-9(7)11(10)12(14)15/h2-6,14-15H,1H3. The van der Waals surface area contributed by atoms with Crippen LogP contribution in [0.15, 0.2) is 34.8 Å². The molecule has 0 bridgehead atoms. The zero-order chi connectivity index (χ0) is 11.7. The topological polar surface area (TPSA) is 49.7 Å². The van der Waals surface area contributed by atoms with Gasteiger partial charge in [-0.25, -0.2) is 0 Å². The molecule has 82 valence electrons. The maximum Gasteiger partial charge on any atom is 0.492 e. The molecule has 0 atom stereocenters. The number of fused-ring (bicyclic) bond motifs is 1. The van der Waals surface area contributed by atoms with Crippen molar-refractivity contribution in [1.29, 1.82) is 0 Å². The summed E-state index contributed by atoms with van der Waals surface area (Å²) < 4.78 is 6.00. The predicted molar refractivity (Wildman–Crippen MR) is 68.0 cm³/mol. The third kappa shape index (κ3) is 1.94. The van der Waals surface area contributed by atoms with Crippen molar-refractivity contribution in [1.82, 2.24) is 0 Å². The van der Waals surface area contributed by atoms with Crippen LogP contribution in [0.3, 0.4) is 0 Å². The lowest BCUT2D eigenvalue weighted by Crippen LogP contribution is -2.31. The van der Waals surface area contributed by atoms with Crippen molar-refractivity contribution in [2.24, 2.45) is 0 Å². The Bertz CT molecular complexity index is 528. The minimum atomic E-state index is -1.55. The lowest BCUT2D eigenvalue weighted by atomic mass is 9.76. The van der Waals surface area contributed by atoms with Gasteiger partial charge in [0, 0.05) is 9.94 Å². The van der Waals surface area contributed by atoms with Crippen LogP contribution in [0, 0.1) is 0 Å². The summed E-state index contributed by atoms with van der Waals surface area (Å²) >= 11 is 3.36. The van der Waals surface area contributed by atoms with Crippen LogP contribution in [0.4, 0.5) is 0 Å². The minimum Gasteiger partial charge on any atom is -0.497 e. The smallest absolute Gasteiger partial charge is 0.492 e. The highest BCUT2D eigenvalue weighted by molar-refractivity contribution is 9.10. The largest absolute Gasteiger partial charge is 0.497 e. The van der Waals surface area contributed by atoms with Gasteiger partial charge in [0.2, 0.25) is 0 Å². The number of benzene rings is 2. The van der Waals surface area contributed by atoms with E-state index in [0.29, 0.717) is 11.2 Å². The Balaban J connectivity index is 2.81. The van der Waals surface area contributed by atoms with Gasteiger partial charge in [-0.05, 0) is 29.0 Å². The first kappa shape index (κ1) is 11.5. The zero-order valence-corrected chi connectivity index (χ0v) is 10.2. The molecule has 0 amide bonds. The molecule has 0 fully saturated rings. The van der Waals surface area contributed by atoms with Gasteiger partial charge in [-0.15, -0.1) is 0 Å². The maximum absolute atomic E-state index is 9.38. The second-order valence-corrected chi connectivity index (χ2v) is 4.34. The van der Waals surface area contributed by atoms with Crippen LogP contribution in [0.1, 0.15) is 0 Å². The Morgan fingerprint density at radius 1 is 1.19 bits per heavy atom. The highest BCUT2D eigenvalue weighted by Crippen LogP contribution is 2.22. The van der Waals surface area contributed by atoms with E-state index in [-0.39, 0.29) is 0 Å². The van der Waals surface area contributed by atoms with Crippen LogP contribution in [0.2, 0.25) is 0 Å². The molecule has 2 aromatic rings. The van der Waals surface area contributed by atoms with Gasteiger partial charge >= 0.3 is 7.12 Å². The summed E-state index contributed by atoms with van der Waals surface area (Å²) in [6.07, 6.45) is 0. The van der Waals surface area contributed by atoms with E-state index < -0.39 is 7.12 Å². The normalized spacial score (nSPS) is 10.5. The van der Waals surface area contributed by atoms with Gasteiger partial charge in [0.25, 0.3) is 0 Å². The molecular formula is C11H10BBrO3. The van der Waals surface area contributed by atoms with E-state index in [2.05, 4.69) is 15.9 Å². The van der Waals surface area contributed by atoms with Crippen molar-refractivity contribution in [3.05, 3.63) is 34.8 Å². The summed E-state index contributed by atoms with van der Waals surface area (Å²) in [6, 6.07) is 9.26. The molecule has 0 aromatic heterocycles. The van der Waals surface area contributed by atoms with Crippen LogP contribution >= 0.6 is 15.9 Å². The Labute approximate surface area is 102 Å². The summed E-state index contributed by atoms with van der Waals surface area (Å²) in [5.74, 6) is 0.473. The third-order valence-corrected chi connectivity index (χ3v) is 2.96. The molecule has 0 unspecified atom stereocenters. The lowest BCUT2D eigenvalue weighted by Gasteiger charge is -2.11. The van der Waals surface area contributed by atoms with Crippen molar-refractivity contribution in [2.75, 3.05) is 7.11 Å². The quantitative estimate of drug-likeness (QED) is 0.815. The van der Waals surface area contributed by atoms with Crippen LogP contribution in [0.5, 0.6) is 5.75 Å². The van der Waals surface area contributed by atoms with E-state index in [1.165, 1.54) is 7.11 Å². The molecule has 0 aliphatic carbocycles. The van der Waals surface area contributed by atoms with Crippen molar-refractivity contribution in [2.45, 2.75) is 0 Å². The van der Waals surface area contributed by atoms with E-state index in [9.17, 15) is 10.0 Å². The first-order valence-corrected chi connectivity index (χ1v) is 5.55. The average Bonchev–Trinajstić information content (AvgIpc) is 2.26. The van der Waals surface area contributed by atoms with E-state index >= 15 is 0 Å². The fourth-order valence-electron chi connectivity index (χ4n) is 1.74. The number of halogens is 1. The number of methoxy groups -OCH3 is 1. The van der Waals surface area contributed by atoms with E-state index in [0.717, 1.165) is 15.2 Å². The predicted octanol–water partition coefficient (Wildman–Crippen LogP) is 1.29. The van der Waals surface area contributed by atoms with Gasteiger partial charge in [-0.2, -0.15) is 0 Å². The summed E-state index contributed by atoms with van der Waals surface area (Å²) in [5, 5.41) is 20.5. The van der Waals surface area contributed by atoms with E-state index in [1.54, 1.807) is 6.07 Å². The Kier molecular flexibility index (Phi) is 3.19. The minimum absolute atomic E-state index is 0.390. The molecule has 0 aliphatic heterocycles. The first-order valence-electron chi connectivity index (χ1n) is 4.76. The van der Waals surface area contributed by atoms with E-state index in [1.807, 2.05) is 24.3 Å². The Morgan fingerprint density at radius 2 is 1.88 bits per heavy atom. The molecule has 2 aromatic carbocycles. The van der Waals surface area contributed by atoms with Gasteiger partial charge < -0.3 is 14.8 Å². The molecule has 0 saturated heterocycles. The summed E-state index contributed by atoms with van der Waals surface area (Å²) in [4.78, 5) is 0. The van der Waals surface area contributed by atoms with Crippen LogP contribution < -0.4 is 10.2 Å². The van der Waals surface area contributed by atoms with Crippen LogP contribution in [-0.4, -0.2) is 24.3 Å². The number of ether oxygens (including phenoxy) is 1. The van der Waals surface area contributed by atoms with Crippen molar-refractivity contribution in [3.63, 3.8) is 0 Å².